The maximum absolute atomic E-state index is 12.5. The Morgan fingerprint density at radius 1 is 1.15 bits per heavy atom. The van der Waals surface area contributed by atoms with E-state index < -0.39 is 18.2 Å². The van der Waals surface area contributed by atoms with Crippen molar-refractivity contribution in [2.24, 2.45) is 0 Å². The van der Waals surface area contributed by atoms with Gasteiger partial charge in [-0.1, -0.05) is 45.9 Å². The van der Waals surface area contributed by atoms with Gasteiger partial charge in [-0.15, -0.1) is 0 Å². The van der Waals surface area contributed by atoms with E-state index in [0.29, 0.717) is 18.9 Å². The summed E-state index contributed by atoms with van der Waals surface area (Å²) in [5, 5.41) is 27.0. The first-order chi connectivity index (χ1) is 16.1. The van der Waals surface area contributed by atoms with Gasteiger partial charge in [0, 0.05) is 19.2 Å². The lowest BCUT2D eigenvalue weighted by Gasteiger charge is -2.42. The van der Waals surface area contributed by atoms with Crippen molar-refractivity contribution in [3.8, 4) is 11.5 Å². The Labute approximate surface area is 201 Å². The number of aromatic hydroxyl groups is 1. The lowest BCUT2D eigenvalue weighted by Crippen LogP contribution is -2.48. The van der Waals surface area contributed by atoms with Gasteiger partial charge in [-0.2, -0.15) is 0 Å². The van der Waals surface area contributed by atoms with Crippen molar-refractivity contribution in [2.75, 3.05) is 26.3 Å². The van der Waals surface area contributed by atoms with Crippen molar-refractivity contribution in [3.63, 3.8) is 0 Å². The normalized spacial score (nSPS) is 21.9. The van der Waals surface area contributed by atoms with Crippen LogP contribution in [0.1, 0.15) is 73.7 Å². The fraction of sp³-hybridized carbons (Fsp3) is 0.519. The van der Waals surface area contributed by atoms with Crippen LogP contribution < -0.4 is 15.4 Å². The highest BCUT2D eigenvalue weighted by Crippen LogP contribution is 2.46. The first kappa shape index (κ1) is 24.5. The van der Waals surface area contributed by atoms with E-state index in [1.807, 2.05) is 6.07 Å². The minimum absolute atomic E-state index is 0.0369. The second kappa shape index (κ2) is 9.56. The van der Waals surface area contributed by atoms with Crippen LogP contribution in [0, 0.1) is 0 Å². The summed E-state index contributed by atoms with van der Waals surface area (Å²) >= 11 is 0. The molecule has 1 amide bonds. The van der Waals surface area contributed by atoms with E-state index in [9.17, 15) is 15.0 Å². The number of nitrogens with one attached hydrogen (secondary N) is 2. The molecule has 1 aliphatic carbocycles. The molecular formula is C27H36N2O5. The summed E-state index contributed by atoms with van der Waals surface area (Å²) < 4.78 is 11.2. The maximum Gasteiger partial charge on any atom is 0.257 e. The van der Waals surface area contributed by atoms with Crippen LogP contribution in [0.15, 0.2) is 36.4 Å². The largest absolute Gasteiger partial charge is 0.507 e. The summed E-state index contributed by atoms with van der Waals surface area (Å²) in [7, 11) is 0. The third-order valence-corrected chi connectivity index (χ3v) is 7.10. The highest BCUT2D eigenvalue weighted by molar-refractivity contribution is 5.97. The standard InChI is InChI=1S/C27H36N2O5/c1-26(2)9-10-27(3,4)21-13-17(5-8-20(21)26)23(31)16-34-18-6-7-19(22(30)14-18)25(32)29-24-15-28-11-12-33-24/h5-8,13-14,23-24,28,30-31H,9-12,15-16H2,1-4H3,(H,29,32). The number of rotatable bonds is 6. The molecule has 1 saturated heterocycles. The number of amides is 1. The molecular weight excluding hydrogens is 432 g/mol. The first-order valence-corrected chi connectivity index (χ1v) is 12.0. The van der Waals surface area contributed by atoms with Crippen LogP contribution in [0.2, 0.25) is 0 Å². The summed E-state index contributed by atoms with van der Waals surface area (Å²) in [4.78, 5) is 12.5. The number of benzene rings is 2. The SMILES string of the molecule is CC1(C)CCC(C)(C)c2cc(C(O)COc3ccc(C(=O)NC4CNCCO4)c(O)c3)ccc21. The summed E-state index contributed by atoms with van der Waals surface area (Å²) in [5.74, 6) is -0.230. The lowest BCUT2D eigenvalue weighted by atomic mass is 9.63. The van der Waals surface area contributed by atoms with Crippen LogP contribution in [0.4, 0.5) is 0 Å². The minimum Gasteiger partial charge on any atom is -0.507 e. The van der Waals surface area contributed by atoms with Crippen molar-refractivity contribution in [2.45, 2.75) is 63.7 Å². The number of hydrogen-bond acceptors (Lipinski definition) is 6. The third kappa shape index (κ3) is 5.22. The third-order valence-electron chi connectivity index (χ3n) is 7.10. The average Bonchev–Trinajstić information content (AvgIpc) is 2.81. The Bertz CT molecular complexity index is 1040. The summed E-state index contributed by atoms with van der Waals surface area (Å²) in [6, 6.07) is 10.7. The number of carbonyl (C=O) groups is 1. The molecule has 184 valence electrons. The fourth-order valence-corrected chi connectivity index (χ4v) is 4.76. The van der Waals surface area contributed by atoms with Gasteiger partial charge in [0.25, 0.3) is 5.91 Å². The molecule has 1 aliphatic heterocycles. The van der Waals surface area contributed by atoms with E-state index in [2.05, 4.69) is 50.5 Å². The average molecular weight is 469 g/mol. The number of ether oxygens (including phenoxy) is 2. The predicted octanol–water partition coefficient (Wildman–Crippen LogP) is 3.53. The highest BCUT2D eigenvalue weighted by atomic mass is 16.5. The quantitative estimate of drug-likeness (QED) is 0.518. The van der Waals surface area contributed by atoms with Crippen LogP contribution in [0.3, 0.4) is 0 Å². The molecule has 0 saturated carbocycles. The summed E-state index contributed by atoms with van der Waals surface area (Å²) in [5.41, 5.74) is 3.75. The van der Waals surface area contributed by atoms with E-state index in [-0.39, 0.29) is 28.7 Å². The Morgan fingerprint density at radius 2 is 1.88 bits per heavy atom. The van der Waals surface area contributed by atoms with E-state index in [1.54, 1.807) is 6.07 Å². The Morgan fingerprint density at radius 3 is 2.56 bits per heavy atom. The zero-order valence-electron chi connectivity index (χ0n) is 20.5. The second-order valence-corrected chi connectivity index (χ2v) is 10.6. The number of phenolic OH excluding ortho intramolecular Hbond substituents is 1. The van der Waals surface area contributed by atoms with Gasteiger partial charge >= 0.3 is 0 Å². The Hall–Kier alpha value is -2.61. The second-order valence-electron chi connectivity index (χ2n) is 10.6. The molecule has 2 atom stereocenters. The number of morpholine rings is 1. The zero-order valence-corrected chi connectivity index (χ0v) is 20.5. The zero-order chi connectivity index (χ0) is 24.5. The number of aliphatic hydroxyl groups is 1. The number of phenols is 1. The fourth-order valence-electron chi connectivity index (χ4n) is 4.76. The molecule has 7 heteroatoms. The van der Waals surface area contributed by atoms with Crippen molar-refractivity contribution >= 4 is 5.91 Å². The molecule has 4 rings (SSSR count). The van der Waals surface area contributed by atoms with E-state index in [0.717, 1.165) is 24.9 Å². The monoisotopic (exact) mass is 468 g/mol. The van der Waals surface area contributed by atoms with E-state index in [1.165, 1.54) is 23.3 Å². The molecule has 2 aliphatic rings. The lowest BCUT2D eigenvalue weighted by molar-refractivity contribution is 0.00828. The molecule has 34 heavy (non-hydrogen) atoms. The van der Waals surface area contributed by atoms with Crippen LogP contribution in [-0.4, -0.2) is 48.7 Å². The maximum atomic E-state index is 12.5. The molecule has 1 heterocycles. The molecule has 4 N–H and O–H groups in total. The molecule has 1 fully saturated rings. The van der Waals surface area contributed by atoms with Crippen molar-refractivity contribution in [3.05, 3.63) is 58.7 Å². The summed E-state index contributed by atoms with van der Waals surface area (Å²) in [6.07, 6.45) is 0.997. The molecule has 2 aromatic rings. The van der Waals surface area contributed by atoms with Crippen molar-refractivity contribution in [1.82, 2.24) is 10.6 Å². The highest BCUT2D eigenvalue weighted by Gasteiger charge is 2.37. The van der Waals surface area contributed by atoms with Gasteiger partial charge in [-0.25, -0.2) is 0 Å². The Balaban J connectivity index is 1.41. The van der Waals surface area contributed by atoms with E-state index >= 15 is 0 Å². The van der Waals surface area contributed by atoms with Crippen LogP contribution in [-0.2, 0) is 15.6 Å². The molecule has 0 spiro atoms. The molecule has 0 radical (unpaired) electrons. The number of fused-ring (bicyclic) bond motifs is 1. The molecule has 2 aromatic carbocycles. The number of aliphatic hydroxyl groups excluding tert-OH is 1. The predicted molar refractivity (Wildman–Crippen MR) is 130 cm³/mol. The van der Waals surface area contributed by atoms with Gasteiger partial charge < -0.3 is 30.3 Å². The van der Waals surface area contributed by atoms with Gasteiger partial charge in [-0.05, 0) is 52.5 Å². The van der Waals surface area contributed by atoms with Crippen molar-refractivity contribution < 1.29 is 24.5 Å². The number of carbonyl (C=O) groups excluding carboxylic acids is 1. The number of hydrogen-bond donors (Lipinski definition) is 4. The van der Waals surface area contributed by atoms with Crippen LogP contribution in [0.5, 0.6) is 11.5 Å². The van der Waals surface area contributed by atoms with Gasteiger partial charge in [0.2, 0.25) is 0 Å². The topological polar surface area (TPSA) is 100 Å². The smallest absolute Gasteiger partial charge is 0.257 e. The Kier molecular flexibility index (Phi) is 6.90. The molecule has 2 unspecified atom stereocenters. The van der Waals surface area contributed by atoms with Crippen LogP contribution >= 0.6 is 0 Å². The minimum atomic E-state index is -0.813. The van der Waals surface area contributed by atoms with Gasteiger partial charge in [0.05, 0.1) is 12.2 Å². The van der Waals surface area contributed by atoms with Crippen LogP contribution in [0.25, 0.3) is 0 Å². The van der Waals surface area contributed by atoms with Crippen molar-refractivity contribution in [1.29, 1.82) is 0 Å². The van der Waals surface area contributed by atoms with Gasteiger partial charge in [0.15, 0.2) is 0 Å². The molecule has 0 aromatic heterocycles. The van der Waals surface area contributed by atoms with Gasteiger partial charge in [0.1, 0.15) is 30.4 Å². The van der Waals surface area contributed by atoms with Gasteiger partial charge in [-0.3, -0.25) is 4.79 Å². The first-order valence-electron chi connectivity index (χ1n) is 12.0. The molecule has 0 bridgehead atoms. The van der Waals surface area contributed by atoms with E-state index in [4.69, 9.17) is 9.47 Å². The summed E-state index contributed by atoms with van der Waals surface area (Å²) in [6.45, 7) is 10.9. The molecule has 7 nitrogen and oxygen atoms in total.